The molecule has 1 unspecified atom stereocenters. The van der Waals surface area contributed by atoms with Crippen molar-refractivity contribution in [2.45, 2.75) is 13.3 Å². The molecule has 0 saturated carbocycles. The molecule has 0 bridgehead atoms. The van der Waals surface area contributed by atoms with E-state index < -0.39 is 11.9 Å². The molecule has 1 aliphatic heterocycles. The van der Waals surface area contributed by atoms with Crippen molar-refractivity contribution in [1.82, 2.24) is 10.2 Å². The van der Waals surface area contributed by atoms with Crippen molar-refractivity contribution in [3.05, 3.63) is 11.3 Å². The molecule has 0 aliphatic carbocycles. The van der Waals surface area contributed by atoms with Crippen molar-refractivity contribution in [3.63, 3.8) is 0 Å². The second-order valence-corrected chi connectivity index (χ2v) is 4.09. The minimum absolute atomic E-state index is 0.0868. The van der Waals surface area contributed by atoms with Gasteiger partial charge in [0.25, 0.3) is 0 Å². The van der Waals surface area contributed by atoms with Gasteiger partial charge in [-0.2, -0.15) is 10.4 Å². The number of hydrogen-bond acceptors (Lipinski definition) is 5. The number of rotatable bonds is 2. The third-order valence-corrected chi connectivity index (χ3v) is 2.96. The third kappa shape index (κ3) is 1.82. The van der Waals surface area contributed by atoms with Gasteiger partial charge in [-0.25, -0.2) is 0 Å². The Morgan fingerprint density at radius 2 is 2.39 bits per heavy atom. The number of aromatic nitrogens is 2. The van der Waals surface area contributed by atoms with Crippen LogP contribution in [0.4, 0.5) is 5.82 Å². The van der Waals surface area contributed by atoms with Gasteiger partial charge in [0.2, 0.25) is 5.91 Å². The van der Waals surface area contributed by atoms with E-state index in [9.17, 15) is 9.59 Å². The number of carbonyl (C=O) groups excluding carboxylic acids is 2. The van der Waals surface area contributed by atoms with Crippen LogP contribution in [0.15, 0.2) is 0 Å². The van der Waals surface area contributed by atoms with Crippen LogP contribution in [0.3, 0.4) is 0 Å². The van der Waals surface area contributed by atoms with Crippen LogP contribution in [0.25, 0.3) is 0 Å². The van der Waals surface area contributed by atoms with Crippen molar-refractivity contribution >= 4 is 17.7 Å². The van der Waals surface area contributed by atoms with Crippen molar-refractivity contribution < 1.29 is 14.3 Å². The second-order valence-electron chi connectivity index (χ2n) is 4.09. The van der Waals surface area contributed by atoms with Gasteiger partial charge in [-0.15, -0.1) is 0 Å². The summed E-state index contributed by atoms with van der Waals surface area (Å²) in [4.78, 5) is 24.6. The van der Waals surface area contributed by atoms with Gasteiger partial charge in [-0.05, 0) is 6.92 Å². The molecule has 1 fully saturated rings. The zero-order valence-electron chi connectivity index (χ0n) is 10.1. The van der Waals surface area contributed by atoms with E-state index in [0.717, 1.165) is 0 Å². The number of aromatic amines is 1. The molecule has 2 heterocycles. The van der Waals surface area contributed by atoms with Gasteiger partial charge in [0.1, 0.15) is 11.6 Å². The number of hydrogen-bond donors (Lipinski definition) is 1. The largest absolute Gasteiger partial charge is 0.469 e. The van der Waals surface area contributed by atoms with Crippen LogP contribution in [-0.4, -0.2) is 35.7 Å². The summed E-state index contributed by atoms with van der Waals surface area (Å²) in [6, 6.07) is 2.00. The number of anilines is 1. The molecular formula is C11H12N4O3. The molecule has 1 atom stereocenters. The third-order valence-electron chi connectivity index (χ3n) is 2.96. The smallest absolute Gasteiger partial charge is 0.311 e. The van der Waals surface area contributed by atoms with E-state index in [1.807, 2.05) is 6.07 Å². The van der Waals surface area contributed by atoms with E-state index in [2.05, 4.69) is 14.9 Å². The Labute approximate surface area is 103 Å². The lowest BCUT2D eigenvalue weighted by atomic mass is 10.1. The first-order valence-corrected chi connectivity index (χ1v) is 5.41. The fourth-order valence-corrected chi connectivity index (χ4v) is 1.98. The summed E-state index contributed by atoms with van der Waals surface area (Å²) >= 11 is 0. The lowest BCUT2D eigenvalue weighted by Crippen LogP contribution is -2.27. The zero-order valence-corrected chi connectivity index (χ0v) is 10.1. The maximum atomic E-state index is 11.8. The highest BCUT2D eigenvalue weighted by Crippen LogP contribution is 2.27. The fourth-order valence-electron chi connectivity index (χ4n) is 1.98. The number of methoxy groups -OCH3 is 1. The number of esters is 1. The van der Waals surface area contributed by atoms with Crippen molar-refractivity contribution in [2.24, 2.45) is 5.92 Å². The van der Waals surface area contributed by atoms with Crippen LogP contribution in [-0.2, 0) is 14.3 Å². The van der Waals surface area contributed by atoms with Crippen LogP contribution in [0.2, 0.25) is 0 Å². The molecule has 1 saturated heterocycles. The quantitative estimate of drug-likeness (QED) is 0.749. The van der Waals surface area contributed by atoms with Crippen molar-refractivity contribution in [3.8, 4) is 6.07 Å². The number of nitriles is 1. The maximum Gasteiger partial charge on any atom is 0.311 e. The highest BCUT2D eigenvalue weighted by atomic mass is 16.5. The second kappa shape index (κ2) is 4.49. The van der Waals surface area contributed by atoms with E-state index in [4.69, 9.17) is 5.26 Å². The van der Waals surface area contributed by atoms with Gasteiger partial charge in [-0.3, -0.25) is 19.6 Å². The minimum atomic E-state index is -0.494. The summed E-state index contributed by atoms with van der Waals surface area (Å²) in [6.45, 7) is 1.90. The van der Waals surface area contributed by atoms with Crippen LogP contribution < -0.4 is 4.90 Å². The molecular weight excluding hydrogens is 236 g/mol. The SMILES string of the molecule is COC(=O)C1CC(=O)N(c2n[nH]c(C)c2C#N)C1. The Hall–Kier alpha value is -2.36. The average Bonchev–Trinajstić information content (AvgIpc) is 2.91. The monoisotopic (exact) mass is 248 g/mol. The fraction of sp³-hybridized carbons (Fsp3) is 0.455. The lowest BCUT2D eigenvalue weighted by Gasteiger charge is -2.13. The normalized spacial score (nSPS) is 18.8. The molecule has 1 N–H and O–H groups in total. The molecule has 1 aliphatic rings. The van der Waals surface area contributed by atoms with Gasteiger partial charge in [0.15, 0.2) is 5.82 Å². The summed E-state index contributed by atoms with van der Waals surface area (Å²) in [5.74, 6) is -0.859. The predicted octanol–water partition coefficient (Wildman–Crippen LogP) is 0.116. The lowest BCUT2D eigenvalue weighted by molar-refractivity contribution is -0.145. The minimum Gasteiger partial charge on any atom is -0.469 e. The molecule has 94 valence electrons. The molecule has 1 aromatic rings. The number of carbonyl (C=O) groups is 2. The summed E-state index contributed by atoms with van der Waals surface area (Å²) in [5, 5.41) is 15.6. The summed E-state index contributed by atoms with van der Waals surface area (Å²) in [5.41, 5.74) is 0.927. The van der Waals surface area contributed by atoms with Crippen LogP contribution in [0.1, 0.15) is 17.7 Å². The van der Waals surface area contributed by atoms with E-state index in [1.165, 1.54) is 12.0 Å². The molecule has 1 amide bonds. The van der Waals surface area contributed by atoms with E-state index in [0.29, 0.717) is 11.3 Å². The average molecular weight is 248 g/mol. The highest BCUT2D eigenvalue weighted by Gasteiger charge is 2.38. The first-order valence-electron chi connectivity index (χ1n) is 5.41. The molecule has 7 nitrogen and oxygen atoms in total. The maximum absolute atomic E-state index is 11.8. The van der Waals surface area contributed by atoms with Crippen LogP contribution in [0, 0.1) is 24.2 Å². The number of H-pyrrole nitrogens is 1. The van der Waals surface area contributed by atoms with E-state index in [1.54, 1.807) is 6.92 Å². The molecule has 2 rings (SSSR count). The molecule has 0 spiro atoms. The molecule has 7 heteroatoms. The standard InChI is InChI=1S/C11H12N4O3/c1-6-8(4-12)10(14-13-6)15-5-7(3-9(15)16)11(17)18-2/h7H,3,5H2,1-2H3,(H,13,14). The number of nitrogens with one attached hydrogen (secondary N) is 1. The topological polar surface area (TPSA) is 99.1 Å². The van der Waals surface area contributed by atoms with Crippen LogP contribution >= 0.6 is 0 Å². The Balaban J connectivity index is 2.28. The number of amides is 1. The summed E-state index contributed by atoms with van der Waals surface area (Å²) in [7, 11) is 1.29. The van der Waals surface area contributed by atoms with Crippen molar-refractivity contribution in [1.29, 1.82) is 5.26 Å². The van der Waals surface area contributed by atoms with Crippen LogP contribution in [0.5, 0.6) is 0 Å². The molecule has 0 radical (unpaired) electrons. The molecule has 1 aromatic heterocycles. The number of nitrogens with zero attached hydrogens (tertiary/aromatic N) is 3. The Morgan fingerprint density at radius 1 is 1.67 bits per heavy atom. The summed E-state index contributed by atoms with van der Waals surface area (Å²) < 4.78 is 4.62. The molecule has 18 heavy (non-hydrogen) atoms. The Kier molecular flexibility index (Phi) is 3.02. The Bertz CT molecular complexity index is 543. The first-order chi connectivity index (χ1) is 8.58. The van der Waals surface area contributed by atoms with Gasteiger partial charge >= 0.3 is 5.97 Å². The van der Waals surface area contributed by atoms with Gasteiger partial charge < -0.3 is 4.74 Å². The van der Waals surface area contributed by atoms with E-state index in [-0.39, 0.29) is 24.7 Å². The molecule has 0 aromatic carbocycles. The van der Waals surface area contributed by atoms with Gasteiger partial charge in [0.05, 0.1) is 18.7 Å². The number of aryl methyl sites for hydroxylation is 1. The highest BCUT2D eigenvalue weighted by molar-refractivity contribution is 5.99. The first kappa shape index (κ1) is 12.1. The van der Waals surface area contributed by atoms with Crippen molar-refractivity contribution in [2.75, 3.05) is 18.6 Å². The Morgan fingerprint density at radius 3 is 3.00 bits per heavy atom. The zero-order chi connectivity index (χ0) is 13.3. The van der Waals surface area contributed by atoms with Gasteiger partial charge in [-0.1, -0.05) is 0 Å². The van der Waals surface area contributed by atoms with Gasteiger partial charge in [0, 0.05) is 13.0 Å². The summed E-state index contributed by atoms with van der Waals surface area (Å²) in [6.07, 6.45) is 0.0868. The number of ether oxygens (including phenoxy) is 1. The predicted molar refractivity (Wildman–Crippen MR) is 60.5 cm³/mol. The van der Waals surface area contributed by atoms with E-state index >= 15 is 0 Å².